The molecule has 1 heterocycles. The van der Waals surface area contributed by atoms with E-state index in [4.69, 9.17) is 5.73 Å². The van der Waals surface area contributed by atoms with Crippen LogP contribution in [0.2, 0.25) is 0 Å². The first-order chi connectivity index (χ1) is 19.2. The van der Waals surface area contributed by atoms with Gasteiger partial charge in [-0.1, -0.05) is 26.8 Å². The van der Waals surface area contributed by atoms with Crippen molar-refractivity contribution in [2.75, 3.05) is 18.4 Å². The van der Waals surface area contributed by atoms with Gasteiger partial charge in [0.2, 0.25) is 5.91 Å². The molecule has 9 heteroatoms. The number of amides is 3. The Kier molecular flexibility index (Phi) is 11.8. The highest BCUT2D eigenvalue weighted by Crippen LogP contribution is 2.18. The Balaban J connectivity index is 1.72. The lowest BCUT2D eigenvalue weighted by molar-refractivity contribution is -0.119. The standard InChI is InChI=1S/C31H39FN4O3S/c1-4-14-36(15-5-2)31(39)24-8-6-7-23(19-24)30(38)35-28(18-22-13-16-40-20-22)27(33)17-21(3)29(37)34-26-11-9-25(32)10-12-26/h6-13,16,19-21,27-28H,4-5,14-15,17-18,33H2,1-3H3,(H,34,37)(H,35,38)/t21-,27+,28+/m1/s1. The van der Waals surface area contributed by atoms with Crippen LogP contribution in [0.4, 0.5) is 10.1 Å². The van der Waals surface area contributed by atoms with E-state index in [9.17, 15) is 18.8 Å². The molecule has 3 amide bonds. The molecule has 1 aromatic heterocycles. The molecule has 214 valence electrons. The van der Waals surface area contributed by atoms with Gasteiger partial charge in [0, 0.05) is 47.9 Å². The minimum atomic E-state index is -0.521. The average Bonchev–Trinajstić information content (AvgIpc) is 3.46. The minimum Gasteiger partial charge on any atom is -0.347 e. The van der Waals surface area contributed by atoms with Crippen LogP contribution in [0.1, 0.15) is 66.3 Å². The summed E-state index contributed by atoms with van der Waals surface area (Å²) in [5.41, 5.74) is 8.98. The third-order valence-electron chi connectivity index (χ3n) is 6.70. The molecule has 3 atom stereocenters. The van der Waals surface area contributed by atoms with E-state index in [1.165, 1.54) is 24.3 Å². The van der Waals surface area contributed by atoms with Crippen LogP contribution in [0.15, 0.2) is 65.4 Å². The van der Waals surface area contributed by atoms with Crippen LogP contribution in [0.25, 0.3) is 0 Å². The van der Waals surface area contributed by atoms with E-state index in [0.717, 1.165) is 18.4 Å². The number of hydrogen-bond acceptors (Lipinski definition) is 5. The molecule has 2 aromatic carbocycles. The van der Waals surface area contributed by atoms with Crippen LogP contribution < -0.4 is 16.4 Å². The topological polar surface area (TPSA) is 105 Å². The summed E-state index contributed by atoms with van der Waals surface area (Å²) in [6.07, 6.45) is 2.54. The van der Waals surface area contributed by atoms with Gasteiger partial charge in [0.1, 0.15) is 5.82 Å². The summed E-state index contributed by atoms with van der Waals surface area (Å²) in [5.74, 6) is -1.49. The lowest BCUT2D eigenvalue weighted by Gasteiger charge is -2.27. The van der Waals surface area contributed by atoms with Gasteiger partial charge in [0.05, 0.1) is 0 Å². The van der Waals surface area contributed by atoms with Crippen molar-refractivity contribution < 1.29 is 18.8 Å². The van der Waals surface area contributed by atoms with E-state index in [-0.39, 0.29) is 23.5 Å². The first kappa shape index (κ1) is 31.0. The van der Waals surface area contributed by atoms with Crippen LogP contribution in [0, 0.1) is 11.7 Å². The maximum Gasteiger partial charge on any atom is 0.253 e. The number of halogens is 1. The predicted molar refractivity (Wildman–Crippen MR) is 159 cm³/mol. The quantitative estimate of drug-likeness (QED) is 0.240. The smallest absolute Gasteiger partial charge is 0.253 e. The fourth-order valence-electron chi connectivity index (χ4n) is 4.53. The number of nitrogens with one attached hydrogen (secondary N) is 2. The Labute approximate surface area is 240 Å². The molecule has 0 fully saturated rings. The zero-order valence-corrected chi connectivity index (χ0v) is 24.2. The maximum atomic E-state index is 13.4. The van der Waals surface area contributed by atoms with Gasteiger partial charge in [-0.2, -0.15) is 11.3 Å². The van der Waals surface area contributed by atoms with Crippen molar-refractivity contribution >= 4 is 34.7 Å². The van der Waals surface area contributed by atoms with Crippen molar-refractivity contribution in [3.63, 3.8) is 0 Å². The Hall–Kier alpha value is -3.56. The van der Waals surface area contributed by atoms with Crippen molar-refractivity contribution in [1.82, 2.24) is 10.2 Å². The monoisotopic (exact) mass is 566 g/mol. The summed E-state index contributed by atoms with van der Waals surface area (Å²) in [5, 5.41) is 9.82. The Morgan fingerprint density at radius 2 is 1.68 bits per heavy atom. The second-order valence-corrected chi connectivity index (χ2v) is 10.9. The summed E-state index contributed by atoms with van der Waals surface area (Å²) < 4.78 is 13.2. The number of anilines is 1. The zero-order valence-electron chi connectivity index (χ0n) is 23.4. The number of carbonyl (C=O) groups is 3. The largest absolute Gasteiger partial charge is 0.347 e. The van der Waals surface area contributed by atoms with Crippen molar-refractivity contribution in [1.29, 1.82) is 0 Å². The lowest BCUT2D eigenvalue weighted by Crippen LogP contribution is -2.50. The van der Waals surface area contributed by atoms with E-state index in [2.05, 4.69) is 10.6 Å². The van der Waals surface area contributed by atoms with E-state index in [1.807, 2.05) is 35.6 Å². The highest BCUT2D eigenvalue weighted by atomic mass is 32.1. The van der Waals surface area contributed by atoms with E-state index in [1.54, 1.807) is 42.5 Å². The lowest BCUT2D eigenvalue weighted by atomic mass is 9.92. The number of rotatable bonds is 14. The first-order valence-corrected chi connectivity index (χ1v) is 14.7. The maximum absolute atomic E-state index is 13.4. The summed E-state index contributed by atoms with van der Waals surface area (Å²) in [7, 11) is 0. The normalized spacial score (nSPS) is 13.2. The van der Waals surface area contributed by atoms with Crippen LogP contribution in [0.3, 0.4) is 0 Å². The molecule has 0 unspecified atom stereocenters. The van der Waals surface area contributed by atoms with Gasteiger partial charge >= 0.3 is 0 Å². The Bertz CT molecular complexity index is 1240. The fraction of sp³-hybridized carbons (Fsp3) is 0.387. The molecule has 0 radical (unpaired) electrons. The van der Waals surface area contributed by atoms with Crippen LogP contribution in [-0.4, -0.2) is 47.8 Å². The van der Waals surface area contributed by atoms with E-state index >= 15 is 0 Å². The molecule has 7 nitrogen and oxygen atoms in total. The molecule has 0 spiro atoms. The van der Waals surface area contributed by atoms with Gasteiger partial charge in [-0.25, -0.2) is 4.39 Å². The number of benzene rings is 2. The predicted octanol–water partition coefficient (Wildman–Crippen LogP) is 5.48. The van der Waals surface area contributed by atoms with Gasteiger partial charge in [-0.3, -0.25) is 14.4 Å². The van der Waals surface area contributed by atoms with Gasteiger partial charge in [0.15, 0.2) is 0 Å². The van der Waals surface area contributed by atoms with Crippen molar-refractivity contribution in [3.05, 3.63) is 87.9 Å². The number of hydrogen-bond donors (Lipinski definition) is 3. The molecule has 4 N–H and O–H groups in total. The summed E-state index contributed by atoms with van der Waals surface area (Å²) in [6.45, 7) is 7.16. The molecule has 0 aliphatic heterocycles. The molecule has 40 heavy (non-hydrogen) atoms. The minimum absolute atomic E-state index is 0.0918. The van der Waals surface area contributed by atoms with Gasteiger partial charge in [0.25, 0.3) is 11.8 Å². The Morgan fingerprint density at radius 1 is 1.00 bits per heavy atom. The molecule has 0 saturated carbocycles. The number of carbonyl (C=O) groups excluding carboxylic acids is 3. The summed E-state index contributed by atoms with van der Waals surface area (Å²) in [4.78, 5) is 41.1. The summed E-state index contributed by atoms with van der Waals surface area (Å²) in [6, 6.07) is 13.3. The van der Waals surface area contributed by atoms with E-state index < -0.39 is 18.0 Å². The Morgan fingerprint density at radius 3 is 2.30 bits per heavy atom. The van der Waals surface area contributed by atoms with Crippen LogP contribution >= 0.6 is 11.3 Å². The molecule has 0 aliphatic rings. The highest BCUT2D eigenvalue weighted by Gasteiger charge is 2.26. The van der Waals surface area contributed by atoms with Crippen LogP contribution in [0.5, 0.6) is 0 Å². The molecular weight excluding hydrogens is 527 g/mol. The van der Waals surface area contributed by atoms with Gasteiger partial charge < -0.3 is 21.3 Å². The van der Waals surface area contributed by atoms with Crippen molar-refractivity contribution in [2.24, 2.45) is 11.7 Å². The number of nitrogens with two attached hydrogens (primary N) is 1. The molecule has 0 aliphatic carbocycles. The van der Waals surface area contributed by atoms with Crippen LogP contribution in [-0.2, 0) is 11.2 Å². The third-order valence-corrected chi connectivity index (χ3v) is 7.43. The first-order valence-electron chi connectivity index (χ1n) is 13.7. The molecular formula is C31H39FN4O3S. The molecule has 3 rings (SSSR count). The highest BCUT2D eigenvalue weighted by molar-refractivity contribution is 7.07. The van der Waals surface area contributed by atoms with Gasteiger partial charge in [-0.15, -0.1) is 0 Å². The van der Waals surface area contributed by atoms with Crippen molar-refractivity contribution in [3.8, 4) is 0 Å². The second kappa shape index (κ2) is 15.3. The molecule has 0 bridgehead atoms. The average molecular weight is 567 g/mol. The molecule has 0 saturated heterocycles. The molecule has 3 aromatic rings. The number of nitrogens with zero attached hydrogens (tertiary/aromatic N) is 1. The summed E-state index contributed by atoms with van der Waals surface area (Å²) >= 11 is 1.56. The van der Waals surface area contributed by atoms with Crippen molar-refractivity contribution in [2.45, 2.75) is 58.5 Å². The zero-order chi connectivity index (χ0) is 29.1. The van der Waals surface area contributed by atoms with Gasteiger partial charge in [-0.05, 0) is 90.5 Å². The fourth-order valence-corrected chi connectivity index (χ4v) is 5.21. The van der Waals surface area contributed by atoms with E-state index in [0.29, 0.717) is 42.7 Å². The second-order valence-electron chi connectivity index (χ2n) is 10.1. The third kappa shape index (κ3) is 8.99. The number of thiophene rings is 1. The SMILES string of the molecule is CCCN(CCC)C(=O)c1cccc(C(=O)N[C@@H](Cc2ccsc2)[C@@H](N)C[C@@H](C)C(=O)Nc2ccc(F)cc2)c1.